The number of ether oxygens (including phenoxy) is 1. The number of hydrogen-bond donors (Lipinski definition) is 0. The first-order valence-corrected chi connectivity index (χ1v) is 4.97. The molecule has 1 rings (SSSR count). The molecule has 0 saturated carbocycles. The summed E-state index contributed by atoms with van der Waals surface area (Å²) in [6.45, 7) is 3.31. The number of alkyl halides is 6. The van der Waals surface area contributed by atoms with E-state index in [-0.39, 0.29) is 5.92 Å². The van der Waals surface area contributed by atoms with Crippen LogP contribution >= 0.6 is 0 Å². The van der Waals surface area contributed by atoms with Gasteiger partial charge in [-0.05, 0) is 23.6 Å². The summed E-state index contributed by atoms with van der Waals surface area (Å²) in [6.07, 6.45) is -10.0. The van der Waals surface area contributed by atoms with Crippen molar-refractivity contribution in [1.29, 1.82) is 0 Å². The van der Waals surface area contributed by atoms with Gasteiger partial charge in [-0.25, -0.2) is 0 Å². The SMILES string of the molecule is CC(C)c1ccc(C(F)(F)F)c(OC(F)(F)F)c1. The first kappa shape index (κ1) is 14.7. The van der Waals surface area contributed by atoms with E-state index in [4.69, 9.17) is 0 Å². The third kappa shape index (κ3) is 3.82. The second-order valence-corrected chi connectivity index (χ2v) is 3.96. The Morgan fingerprint density at radius 3 is 1.94 bits per heavy atom. The first-order chi connectivity index (χ1) is 8.00. The fourth-order valence-corrected chi connectivity index (χ4v) is 1.34. The molecule has 1 aromatic rings. The summed E-state index contributed by atoms with van der Waals surface area (Å²) in [6, 6.07) is 2.49. The van der Waals surface area contributed by atoms with Gasteiger partial charge in [0.05, 0.1) is 5.56 Å². The van der Waals surface area contributed by atoms with Gasteiger partial charge in [-0.1, -0.05) is 19.9 Å². The van der Waals surface area contributed by atoms with Crippen LogP contribution in [0.2, 0.25) is 0 Å². The number of benzene rings is 1. The van der Waals surface area contributed by atoms with Crippen LogP contribution in [-0.4, -0.2) is 6.36 Å². The molecule has 0 fully saturated rings. The Kier molecular flexibility index (Phi) is 3.83. The van der Waals surface area contributed by atoms with Crippen LogP contribution in [0.4, 0.5) is 26.3 Å². The normalized spacial score (nSPS) is 12.9. The zero-order chi connectivity index (χ0) is 14.1. The predicted octanol–water partition coefficient (Wildman–Crippen LogP) is 4.73. The maximum atomic E-state index is 12.5. The Bertz CT molecular complexity index is 419. The van der Waals surface area contributed by atoms with Crippen LogP contribution in [0, 0.1) is 0 Å². The molecule has 0 N–H and O–H groups in total. The molecule has 0 aliphatic heterocycles. The van der Waals surface area contributed by atoms with E-state index in [1.165, 1.54) is 0 Å². The molecule has 0 aliphatic carbocycles. The molecule has 0 unspecified atom stereocenters. The Morgan fingerprint density at radius 1 is 1.00 bits per heavy atom. The second-order valence-electron chi connectivity index (χ2n) is 3.96. The molecule has 0 aliphatic rings. The van der Waals surface area contributed by atoms with Crippen LogP contribution in [0.1, 0.15) is 30.9 Å². The van der Waals surface area contributed by atoms with E-state index >= 15 is 0 Å². The Morgan fingerprint density at radius 2 is 1.56 bits per heavy atom. The Hall–Kier alpha value is -1.40. The van der Waals surface area contributed by atoms with Crippen molar-refractivity contribution in [1.82, 2.24) is 0 Å². The molecule has 1 aromatic carbocycles. The van der Waals surface area contributed by atoms with E-state index in [2.05, 4.69) is 4.74 Å². The Balaban J connectivity index is 3.27. The summed E-state index contributed by atoms with van der Waals surface area (Å²) < 4.78 is 77.1. The van der Waals surface area contributed by atoms with Crippen molar-refractivity contribution in [3.05, 3.63) is 29.3 Å². The van der Waals surface area contributed by atoms with Crippen LogP contribution in [0.5, 0.6) is 5.75 Å². The van der Waals surface area contributed by atoms with E-state index in [1.54, 1.807) is 13.8 Å². The van der Waals surface area contributed by atoms with Crippen molar-refractivity contribution < 1.29 is 31.1 Å². The maximum Gasteiger partial charge on any atom is 0.573 e. The highest BCUT2D eigenvalue weighted by atomic mass is 19.4. The zero-order valence-electron chi connectivity index (χ0n) is 9.49. The van der Waals surface area contributed by atoms with Gasteiger partial charge in [-0.3, -0.25) is 0 Å². The molecule has 0 heterocycles. The van der Waals surface area contributed by atoms with Gasteiger partial charge >= 0.3 is 12.5 Å². The smallest absolute Gasteiger partial charge is 0.405 e. The monoisotopic (exact) mass is 272 g/mol. The zero-order valence-corrected chi connectivity index (χ0v) is 9.49. The van der Waals surface area contributed by atoms with E-state index in [1.807, 2.05) is 0 Å². The highest BCUT2D eigenvalue weighted by molar-refractivity contribution is 5.40. The fraction of sp³-hybridized carbons (Fsp3) is 0.455. The highest BCUT2D eigenvalue weighted by Crippen LogP contribution is 2.39. The van der Waals surface area contributed by atoms with E-state index in [0.717, 1.165) is 12.1 Å². The van der Waals surface area contributed by atoms with E-state index in [0.29, 0.717) is 11.6 Å². The number of hydrogen-bond acceptors (Lipinski definition) is 1. The molecule has 7 heteroatoms. The van der Waals surface area contributed by atoms with Crippen LogP contribution < -0.4 is 4.74 Å². The van der Waals surface area contributed by atoms with Gasteiger partial charge in [0.1, 0.15) is 5.75 Å². The van der Waals surface area contributed by atoms with Gasteiger partial charge < -0.3 is 4.74 Å². The van der Waals surface area contributed by atoms with Crippen molar-refractivity contribution in [2.45, 2.75) is 32.3 Å². The minimum absolute atomic E-state index is 0.206. The van der Waals surface area contributed by atoms with Crippen molar-refractivity contribution in [2.24, 2.45) is 0 Å². The first-order valence-electron chi connectivity index (χ1n) is 4.97. The molecule has 0 amide bonds. The minimum atomic E-state index is -5.16. The molecule has 0 saturated heterocycles. The van der Waals surface area contributed by atoms with Gasteiger partial charge in [0.15, 0.2) is 0 Å². The van der Waals surface area contributed by atoms with Gasteiger partial charge in [0.2, 0.25) is 0 Å². The third-order valence-corrected chi connectivity index (χ3v) is 2.20. The molecule has 0 radical (unpaired) electrons. The van der Waals surface area contributed by atoms with Gasteiger partial charge in [-0.15, -0.1) is 13.2 Å². The number of halogens is 6. The van der Waals surface area contributed by atoms with Crippen molar-refractivity contribution in [3.63, 3.8) is 0 Å². The van der Waals surface area contributed by atoms with Crippen LogP contribution in [0.25, 0.3) is 0 Å². The number of rotatable bonds is 2. The molecular formula is C11H10F6O. The molecule has 102 valence electrons. The standard InChI is InChI=1S/C11H10F6O/c1-6(2)7-3-4-8(10(12,13)14)9(5-7)18-11(15,16)17/h3-6H,1-2H3. The van der Waals surface area contributed by atoms with Crippen LogP contribution in [0.15, 0.2) is 18.2 Å². The summed E-state index contributed by atoms with van der Waals surface area (Å²) in [7, 11) is 0. The van der Waals surface area contributed by atoms with Crippen molar-refractivity contribution in [2.75, 3.05) is 0 Å². The summed E-state index contributed by atoms with van der Waals surface area (Å²) in [4.78, 5) is 0. The minimum Gasteiger partial charge on any atom is -0.405 e. The lowest BCUT2D eigenvalue weighted by Gasteiger charge is -2.17. The van der Waals surface area contributed by atoms with E-state index in [9.17, 15) is 26.3 Å². The van der Waals surface area contributed by atoms with Gasteiger partial charge in [0, 0.05) is 0 Å². The summed E-state index contributed by atoms with van der Waals surface area (Å²) in [5.41, 5.74) is -1.11. The molecular weight excluding hydrogens is 262 g/mol. The van der Waals surface area contributed by atoms with Gasteiger partial charge in [-0.2, -0.15) is 13.2 Å². The fourth-order valence-electron chi connectivity index (χ4n) is 1.34. The Labute approximate surface area is 99.4 Å². The molecule has 0 bridgehead atoms. The topological polar surface area (TPSA) is 9.23 Å². The van der Waals surface area contributed by atoms with Crippen molar-refractivity contribution in [3.8, 4) is 5.75 Å². The van der Waals surface area contributed by atoms with Gasteiger partial charge in [0.25, 0.3) is 0 Å². The maximum absolute atomic E-state index is 12.5. The summed E-state index contributed by atoms with van der Waals surface area (Å²) in [5.74, 6) is -1.43. The largest absolute Gasteiger partial charge is 0.573 e. The summed E-state index contributed by atoms with van der Waals surface area (Å²) >= 11 is 0. The average Bonchev–Trinajstić information content (AvgIpc) is 2.12. The van der Waals surface area contributed by atoms with Crippen molar-refractivity contribution >= 4 is 0 Å². The lowest BCUT2D eigenvalue weighted by atomic mass is 10.0. The molecule has 1 nitrogen and oxygen atoms in total. The average molecular weight is 272 g/mol. The lowest BCUT2D eigenvalue weighted by molar-refractivity contribution is -0.276. The third-order valence-electron chi connectivity index (χ3n) is 2.20. The predicted molar refractivity (Wildman–Crippen MR) is 52.2 cm³/mol. The molecule has 18 heavy (non-hydrogen) atoms. The molecule has 0 spiro atoms. The second kappa shape index (κ2) is 4.70. The van der Waals surface area contributed by atoms with E-state index < -0.39 is 23.9 Å². The molecule has 0 atom stereocenters. The van der Waals surface area contributed by atoms with Crippen LogP contribution in [-0.2, 0) is 6.18 Å². The van der Waals surface area contributed by atoms with Crippen LogP contribution in [0.3, 0.4) is 0 Å². The quantitative estimate of drug-likeness (QED) is 0.707. The highest BCUT2D eigenvalue weighted by Gasteiger charge is 2.39. The lowest BCUT2D eigenvalue weighted by Crippen LogP contribution is -2.20. The molecule has 0 aromatic heterocycles. The summed E-state index contributed by atoms with van der Waals surface area (Å²) in [5, 5.41) is 0.